The van der Waals surface area contributed by atoms with Gasteiger partial charge in [0.1, 0.15) is 13.2 Å². The fourth-order valence-corrected chi connectivity index (χ4v) is 9.54. The van der Waals surface area contributed by atoms with Crippen molar-refractivity contribution >= 4 is 17.9 Å². The molecule has 0 fully saturated rings. The van der Waals surface area contributed by atoms with E-state index < -0.39 is 6.10 Å². The van der Waals surface area contributed by atoms with Crippen LogP contribution in [0.15, 0.2) is 60.8 Å². The maximum Gasteiger partial charge on any atom is 0.306 e. The van der Waals surface area contributed by atoms with Crippen LogP contribution in [-0.4, -0.2) is 37.2 Å². The first-order valence-electron chi connectivity index (χ1n) is 32.8. The van der Waals surface area contributed by atoms with Crippen molar-refractivity contribution < 1.29 is 28.6 Å². The average molecular weight is 1050 g/mol. The molecule has 0 rings (SSSR count). The smallest absolute Gasteiger partial charge is 0.306 e. The highest BCUT2D eigenvalue weighted by atomic mass is 16.6. The van der Waals surface area contributed by atoms with E-state index in [1.807, 2.05) is 0 Å². The number of hydrogen-bond donors (Lipinski definition) is 0. The topological polar surface area (TPSA) is 78.9 Å². The van der Waals surface area contributed by atoms with Gasteiger partial charge in [0.25, 0.3) is 0 Å². The van der Waals surface area contributed by atoms with Crippen LogP contribution in [0.2, 0.25) is 0 Å². The Hall–Kier alpha value is -2.89. The number of rotatable bonds is 60. The highest BCUT2D eigenvalue weighted by molar-refractivity contribution is 5.71. The van der Waals surface area contributed by atoms with Crippen molar-refractivity contribution in [3.8, 4) is 0 Å². The molecule has 1 unspecified atom stereocenters. The van der Waals surface area contributed by atoms with Crippen molar-refractivity contribution in [1.82, 2.24) is 0 Å². The fourth-order valence-electron chi connectivity index (χ4n) is 9.54. The summed E-state index contributed by atoms with van der Waals surface area (Å²) in [6.45, 7) is 6.64. The van der Waals surface area contributed by atoms with Crippen LogP contribution >= 0.6 is 0 Å². The monoisotopic (exact) mass is 1050 g/mol. The summed E-state index contributed by atoms with van der Waals surface area (Å²) in [4.78, 5) is 38.4. The molecule has 0 spiro atoms. The van der Waals surface area contributed by atoms with Crippen molar-refractivity contribution in [2.24, 2.45) is 0 Å². The van der Waals surface area contributed by atoms with Crippen LogP contribution in [0.5, 0.6) is 0 Å². The van der Waals surface area contributed by atoms with E-state index in [9.17, 15) is 14.4 Å². The minimum Gasteiger partial charge on any atom is -0.462 e. The van der Waals surface area contributed by atoms with E-state index in [-0.39, 0.29) is 31.1 Å². The second kappa shape index (κ2) is 63.6. The van der Waals surface area contributed by atoms with Crippen LogP contribution in [0, 0.1) is 0 Å². The SMILES string of the molecule is CCCCC/C=C\C/C=C\CCCCCCCCCC(=O)OCC(COC(=O)CCCCCCCC/C=C\C/C=C\C/C=C\CCCCCCC)OC(=O)CCCCCCCCCCCCCCCCCCCCC. The molecule has 0 aromatic heterocycles. The quantitative estimate of drug-likeness (QED) is 0.0261. The largest absolute Gasteiger partial charge is 0.462 e. The molecule has 6 nitrogen and oxygen atoms in total. The number of carbonyl (C=O) groups is 3. The van der Waals surface area contributed by atoms with Crippen LogP contribution in [0.25, 0.3) is 0 Å². The van der Waals surface area contributed by atoms with Crippen LogP contribution in [0.3, 0.4) is 0 Å². The van der Waals surface area contributed by atoms with Gasteiger partial charge in [0.2, 0.25) is 0 Å². The zero-order valence-electron chi connectivity index (χ0n) is 50.1. The van der Waals surface area contributed by atoms with Gasteiger partial charge in [-0.25, -0.2) is 0 Å². The zero-order valence-corrected chi connectivity index (χ0v) is 50.1. The fraction of sp³-hybridized carbons (Fsp3) is 0.812. The molecule has 0 bridgehead atoms. The third-order valence-electron chi connectivity index (χ3n) is 14.5. The van der Waals surface area contributed by atoms with Gasteiger partial charge in [-0.2, -0.15) is 0 Å². The Labute approximate surface area is 466 Å². The molecule has 436 valence electrons. The lowest BCUT2D eigenvalue weighted by Crippen LogP contribution is -2.30. The second-order valence-corrected chi connectivity index (χ2v) is 22.0. The number of esters is 3. The Morgan fingerprint density at radius 3 is 0.773 bits per heavy atom. The lowest BCUT2D eigenvalue weighted by atomic mass is 10.0. The Balaban J connectivity index is 4.38. The molecule has 0 N–H and O–H groups in total. The molecule has 0 amide bonds. The standard InChI is InChI=1S/C69H124O6/c1-4-7-10-13-16-19-22-25-28-31-33-34-36-38-41-44-47-50-53-56-59-62-68(71)74-65-66(64-73-67(70)61-58-55-52-49-46-43-40-37-30-27-24-21-18-15-12-9-6-3)75-69(72)63-60-57-54-51-48-45-42-39-35-32-29-26-23-20-17-14-11-8-5-2/h18,21-22,25,27,30-31,33,36,38,66H,4-17,19-20,23-24,26,28-29,32,34-35,37,39-65H2,1-3H3/b21-18-,25-22-,30-27-,33-31-,38-36-. The summed E-state index contributed by atoms with van der Waals surface area (Å²) < 4.78 is 17.0. The molecule has 0 radical (unpaired) electrons. The summed E-state index contributed by atoms with van der Waals surface area (Å²) in [5, 5.41) is 0. The normalized spacial score (nSPS) is 12.4. The molecule has 0 aliphatic heterocycles. The number of hydrogen-bond acceptors (Lipinski definition) is 6. The zero-order chi connectivity index (χ0) is 54.3. The molecule has 0 aliphatic carbocycles. The molecule has 0 saturated carbocycles. The molecular weight excluding hydrogens is 925 g/mol. The maximum atomic E-state index is 12.9. The van der Waals surface area contributed by atoms with Gasteiger partial charge in [-0.3, -0.25) is 14.4 Å². The maximum absolute atomic E-state index is 12.9. The molecular formula is C69H124O6. The van der Waals surface area contributed by atoms with Gasteiger partial charge < -0.3 is 14.2 Å². The van der Waals surface area contributed by atoms with Crippen molar-refractivity contribution in [3.05, 3.63) is 60.8 Å². The molecule has 0 aromatic rings. The van der Waals surface area contributed by atoms with Gasteiger partial charge in [0.15, 0.2) is 6.10 Å². The van der Waals surface area contributed by atoms with Gasteiger partial charge in [-0.05, 0) is 89.9 Å². The molecule has 0 aliphatic rings. The Kier molecular flexibility index (Phi) is 61.2. The molecule has 0 saturated heterocycles. The molecule has 6 heteroatoms. The number of unbranched alkanes of at least 4 members (excludes halogenated alkanes) is 39. The average Bonchev–Trinajstić information content (AvgIpc) is 3.41. The van der Waals surface area contributed by atoms with E-state index in [2.05, 4.69) is 81.5 Å². The lowest BCUT2D eigenvalue weighted by Gasteiger charge is -2.18. The Morgan fingerprint density at radius 1 is 0.267 bits per heavy atom. The van der Waals surface area contributed by atoms with Gasteiger partial charge in [-0.1, -0.05) is 293 Å². The third-order valence-corrected chi connectivity index (χ3v) is 14.5. The van der Waals surface area contributed by atoms with Gasteiger partial charge >= 0.3 is 17.9 Å². The van der Waals surface area contributed by atoms with Crippen molar-refractivity contribution in [2.45, 2.75) is 348 Å². The summed E-state index contributed by atoms with van der Waals surface area (Å²) >= 11 is 0. The number of allylic oxidation sites excluding steroid dienone is 10. The van der Waals surface area contributed by atoms with Gasteiger partial charge in [0, 0.05) is 19.3 Å². The molecule has 75 heavy (non-hydrogen) atoms. The highest BCUT2D eigenvalue weighted by Crippen LogP contribution is 2.17. The van der Waals surface area contributed by atoms with Gasteiger partial charge in [-0.15, -0.1) is 0 Å². The predicted octanol–water partition coefficient (Wildman–Crippen LogP) is 22.3. The number of carbonyl (C=O) groups excluding carboxylic acids is 3. The summed E-state index contributed by atoms with van der Waals surface area (Å²) in [6, 6.07) is 0. The van der Waals surface area contributed by atoms with Gasteiger partial charge in [0.05, 0.1) is 0 Å². The van der Waals surface area contributed by atoms with E-state index in [1.165, 1.54) is 212 Å². The summed E-state index contributed by atoms with van der Waals surface area (Å²) in [6.07, 6.45) is 80.8. The summed E-state index contributed by atoms with van der Waals surface area (Å²) in [5.74, 6) is -0.879. The first-order chi connectivity index (χ1) is 37.0. The highest BCUT2D eigenvalue weighted by Gasteiger charge is 2.19. The minimum atomic E-state index is -0.783. The molecule has 0 aromatic carbocycles. The number of ether oxygens (including phenoxy) is 3. The van der Waals surface area contributed by atoms with E-state index in [0.29, 0.717) is 19.3 Å². The first kappa shape index (κ1) is 72.1. The molecule has 1 atom stereocenters. The van der Waals surface area contributed by atoms with E-state index in [1.54, 1.807) is 0 Å². The first-order valence-corrected chi connectivity index (χ1v) is 32.8. The summed E-state index contributed by atoms with van der Waals surface area (Å²) in [7, 11) is 0. The second-order valence-electron chi connectivity index (χ2n) is 22.0. The third kappa shape index (κ3) is 61.8. The van der Waals surface area contributed by atoms with Crippen molar-refractivity contribution in [1.29, 1.82) is 0 Å². The van der Waals surface area contributed by atoms with Crippen LogP contribution in [-0.2, 0) is 28.6 Å². The van der Waals surface area contributed by atoms with E-state index in [4.69, 9.17) is 14.2 Å². The Bertz CT molecular complexity index is 1340. The molecule has 0 heterocycles. The van der Waals surface area contributed by atoms with E-state index >= 15 is 0 Å². The summed E-state index contributed by atoms with van der Waals surface area (Å²) in [5.41, 5.74) is 0. The lowest BCUT2D eigenvalue weighted by molar-refractivity contribution is -0.167. The predicted molar refractivity (Wildman–Crippen MR) is 325 cm³/mol. The van der Waals surface area contributed by atoms with Crippen LogP contribution in [0.4, 0.5) is 0 Å². The van der Waals surface area contributed by atoms with Crippen LogP contribution < -0.4 is 0 Å². The van der Waals surface area contributed by atoms with Crippen LogP contribution in [0.1, 0.15) is 342 Å². The van der Waals surface area contributed by atoms with Crippen molar-refractivity contribution in [2.75, 3.05) is 13.2 Å². The van der Waals surface area contributed by atoms with E-state index in [0.717, 1.165) is 89.9 Å². The Morgan fingerprint density at radius 2 is 0.480 bits per heavy atom. The minimum absolute atomic E-state index is 0.0798. The van der Waals surface area contributed by atoms with Crippen molar-refractivity contribution in [3.63, 3.8) is 0 Å².